The molecule has 4 aromatic rings. The SMILES string of the molecule is NC(=O)Nc1cc(C/N=N/c2ccc(S(=O)(=O)CCOS(=O)(=O)O)cc2S(=O)(=O)O)cc(N)c1/N=N/c1ccc2cc(S(=O)(=O)CCOS(=O)(=O)O)ccc2c1S(=O)(=O)O. The van der Waals surface area contributed by atoms with E-state index in [2.05, 4.69) is 34.1 Å². The number of amides is 2. The maximum Gasteiger partial charge on any atom is 0.397 e. The maximum absolute atomic E-state index is 12.7. The van der Waals surface area contributed by atoms with Crippen molar-refractivity contribution in [3.05, 3.63) is 66.2 Å². The van der Waals surface area contributed by atoms with E-state index in [-0.39, 0.29) is 33.4 Å². The molecule has 0 aliphatic heterocycles. The van der Waals surface area contributed by atoms with Crippen LogP contribution in [-0.2, 0) is 75.6 Å². The topological polar surface area (TPSA) is 435 Å². The van der Waals surface area contributed by atoms with Gasteiger partial charge in [-0.1, -0.05) is 12.1 Å². The first-order valence-electron chi connectivity index (χ1n) is 15.6. The van der Waals surface area contributed by atoms with E-state index in [9.17, 15) is 64.4 Å². The van der Waals surface area contributed by atoms with E-state index >= 15 is 0 Å². The fourth-order valence-corrected chi connectivity index (χ4v) is 9.56. The quantitative estimate of drug-likeness (QED) is 0.0427. The number of anilines is 2. The highest BCUT2D eigenvalue weighted by atomic mass is 32.3. The molecule has 0 atom stereocenters. The van der Waals surface area contributed by atoms with Gasteiger partial charge >= 0.3 is 26.8 Å². The number of urea groups is 1. The minimum Gasteiger partial charge on any atom is -0.397 e. The number of rotatable bonds is 18. The number of carbonyl (C=O) groups excluding carboxylic acids is 1. The predicted octanol–water partition coefficient (Wildman–Crippen LogP) is 2.29. The summed E-state index contributed by atoms with van der Waals surface area (Å²) in [6.45, 7) is -2.42. The molecule has 0 aliphatic carbocycles. The van der Waals surface area contributed by atoms with Gasteiger partial charge in [-0.15, -0.1) is 10.2 Å². The molecule has 0 aromatic heterocycles. The van der Waals surface area contributed by atoms with Crippen molar-refractivity contribution in [2.45, 2.75) is 26.1 Å². The van der Waals surface area contributed by atoms with Crippen LogP contribution in [0.25, 0.3) is 10.8 Å². The second kappa shape index (κ2) is 17.8. The highest BCUT2D eigenvalue weighted by molar-refractivity contribution is 7.92. The van der Waals surface area contributed by atoms with Crippen molar-refractivity contribution in [1.29, 1.82) is 0 Å². The zero-order valence-corrected chi connectivity index (χ0v) is 34.5. The average Bonchev–Trinajstić information content (AvgIpc) is 3.08. The molecule has 0 spiro atoms. The van der Waals surface area contributed by atoms with Crippen LogP contribution in [0.5, 0.6) is 0 Å². The van der Waals surface area contributed by atoms with Gasteiger partial charge < -0.3 is 16.8 Å². The lowest BCUT2D eigenvalue weighted by molar-refractivity contribution is 0.259. The summed E-state index contributed by atoms with van der Waals surface area (Å²) in [5, 5.41) is 17.2. The van der Waals surface area contributed by atoms with E-state index in [1.165, 1.54) is 18.2 Å². The van der Waals surface area contributed by atoms with Crippen molar-refractivity contribution < 1.29 is 81.9 Å². The Morgan fingerprint density at radius 1 is 0.650 bits per heavy atom. The summed E-state index contributed by atoms with van der Waals surface area (Å²) in [5.41, 5.74) is 9.66. The molecule has 0 aliphatic rings. The van der Waals surface area contributed by atoms with Gasteiger partial charge in [-0.3, -0.25) is 18.2 Å². The van der Waals surface area contributed by atoms with Gasteiger partial charge in [0.25, 0.3) is 20.2 Å². The Labute approximate surface area is 340 Å². The minimum atomic E-state index is -5.15. The third-order valence-corrected chi connectivity index (χ3v) is 13.5. The number of nitrogens with zero attached hydrogens (tertiary/aromatic N) is 4. The maximum atomic E-state index is 12.7. The molecule has 9 N–H and O–H groups in total. The molecule has 0 unspecified atom stereocenters. The van der Waals surface area contributed by atoms with E-state index in [0.717, 1.165) is 36.4 Å². The Kier molecular flexibility index (Phi) is 14.1. The summed E-state index contributed by atoms with van der Waals surface area (Å²) in [4.78, 5) is 8.88. The molecule has 0 bridgehead atoms. The number of hydrogen-bond donors (Lipinski definition) is 7. The Hall–Kier alpha value is -5.13. The van der Waals surface area contributed by atoms with Crippen LogP contribution in [0.4, 0.5) is 33.2 Å². The highest BCUT2D eigenvalue weighted by Gasteiger charge is 2.25. The van der Waals surface area contributed by atoms with Gasteiger partial charge in [-0.05, 0) is 59.5 Å². The first kappa shape index (κ1) is 47.5. The average molecular weight is 960 g/mol. The number of benzene rings is 4. The molecular formula is C28H29N7O19S6. The standard InChI is InChI=1S/C28H29N7O19S6/c29-21-11-16(15-31-33-22-6-3-19(14-25(22)57(41,42)43)56(39,40)10-8-54-60(50,51)52)12-24(32-28(30)36)26(21)35-34-23-5-1-17-13-18(2-4-20(17)27(23)58(44,45)46)55(37,38)9-7-53-59(47,48)49/h1-6,11-14H,7-10,15,29H2,(H3,30,32,36)(H,41,42,43)(H,44,45,46)(H,47,48,49)(H,50,51,52)/b33-31+,35-34+. The second-order valence-corrected chi connectivity index (χ2v) is 20.8. The zero-order valence-electron chi connectivity index (χ0n) is 29.6. The monoisotopic (exact) mass is 959 g/mol. The Balaban J connectivity index is 1.67. The molecule has 0 heterocycles. The van der Waals surface area contributed by atoms with Crippen LogP contribution in [0, 0.1) is 0 Å². The fraction of sp³-hybridized carbons (Fsp3) is 0.179. The third-order valence-electron chi connectivity index (χ3n) is 7.42. The minimum absolute atomic E-state index is 0.0546. The molecule has 26 nitrogen and oxygen atoms in total. The molecule has 32 heteroatoms. The Morgan fingerprint density at radius 3 is 1.73 bits per heavy atom. The van der Waals surface area contributed by atoms with E-state index in [0.29, 0.717) is 6.07 Å². The second-order valence-electron chi connectivity index (χ2n) is 11.7. The summed E-state index contributed by atoms with van der Waals surface area (Å²) in [6.07, 6.45) is 0. The van der Waals surface area contributed by atoms with E-state index in [4.69, 9.17) is 20.6 Å². The van der Waals surface area contributed by atoms with Crippen molar-refractivity contribution >= 4 is 106 Å². The summed E-state index contributed by atoms with van der Waals surface area (Å²) in [6, 6.07) is 8.67. The van der Waals surface area contributed by atoms with E-state index in [1.54, 1.807) is 0 Å². The van der Waals surface area contributed by atoms with Gasteiger partial charge in [-0.2, -0.15) is 43.9 Å². The summed E-state index contributed by atoms with van der Waals surface area (Å²) >= 11 is 0. The number of azo groups is 2. The lowest BCUT2D eigenvalue weighted by Gasteiger charge is -2.12. The van der Waals surface area contributed by atoms with Crippen molar-refractivity contribution in [1.82, 2.24) is 0 Å². The molecule has 0 saturated carbocycles. The number of nitrogen functional groups attached to an aromatic ring is 1. The predicted molar refractivity (Wildman–Crippen MR) is 206 cm³/mol. The lowest BCUT2D eigenvalue weighted by atomic mass is 10.1. The largest absolute Gasteiger partial charge is 0.397 e. The van der Waals surface area contributed by atoms with Gasteiger partial charge in [-0.25, -0.2) is 30.0 Å². The van der Waals surface area contributed by atoms with Gasteiger partial charge in [0.15, 0.2) is 19.7 Å². The van der Waals surface area contributed by atoms with Crippen molar-refractivity contribution in [3.63, 3.8) is 0 Å². The van der Waals surface area contributed by atoms with Crippen molar-refractivity contribution in [3.8, 4) is 0 Å². The zero-order chi connectivity index (χ0) is 45.1. The van der Waals surface area contributed by atoms with Crippen molar-refractivity contribution in [2.75, 3.05) is 35.8 Å². The Morgan fingerprint density at radius 2 is 1.20 bits per heavy atom. The number of nitrogens with one attached hydrogen (secondary N) is 1. The summed E-state index contributed by atoms with van der Waals surface area (Å²) < 4.78 is 188. The van der Waals surface area contributed by atoms with Crippen LogP contribution in [0.1, 0.15) is 5.56 Å². The fourth-order valence-electron chi connectivity index (χ4n) is 4.97. The highest BCUT2D eigenvalue weighted by Crippen LogP contribution is 2.39. The van der Waals surface area contributed by atoms with Crippen LogP contribution in [0.15, 0.2) is 101 Å². The normalized spacial score (nSPS) is 13.3. The van der Waals surface area contributed by atoms with Gasteiger partial charge in [0.2, 0.25) is 0 Å². The molecule has 0 fully saturated rings. The molecular weight excluding hydrogens is 931 g/mol. The number of nitrogens with two attached hydrogens (primary N) is 2. The Bertz CT molecular complexity index is 3120. The van der Waals surface area contributed by atoms with Crippen LogP contribution in [-0.4, -0.2) is 99.5 Å². The summed E-state index contributed by atoms with van der Waals surface area (Å²) in [7, 11) is -28.9. The number of sulfone groups is 2. The van der Waals surface area contributed by atoms with Gasteiger partial charge in [0.1, 0.15) is 26.9 Å². The summed E-state index contributed by atoms with van der Waals surface area (Å²) in [5.74, 6) is -1.93. The van der Waals surface area contributed by atoms with Crippen LogP contribution >= 0.6 is 0 Å². The third kappa shape index (κ3) is 12.9. The molecule has 4 rings (SSSR count). The number of primary amides is 1. The van der Waals surface area contributed by atoms with Crippen LogP contribution < -0.4 is 16.8 Å². The van der Waals surface area contributed by atoms with Crippen LogP contribution in [0.2, 0.25) is 0 Å². The number of hydrogen-bond acceptors (Lipinski definition) is 20. The van der Waals surface area contributed by atoms with Crippen LogP contribution in [0.3, 0.4) is 0 Å². The molecule has 0 radical (unpaired) electrons. The number of fused-ring (bicyclic) bond motifs is 1. The first-order chi connectivity index (χ1) is 27.5. The first-order valence-corrected chi connectivity index (χ1v) is 24.5. The van der Waals surface area contributed by atoms with E-state index in [1.807, 2.05) is 0 Å². The lowest BCUT2D eigenvalue weighted by Crippen LogP contribution is -2.19. The van der Waals surface area contributed by atoms with Crippen molar-refractivity contribution in [2.24, 2.45) is 26.2 Å². The molecule has 326 valence electrons. The molecule has 60 heavy (non-hydrogen) atoms. The van der Waals surface area contributed by atoms with Gasteiger partial charge in [0.05, 0.1) is 52.4 Å². The molecule has 4 aromatic carbocycles. The smallest absolute Gasteiger partial charge is 0.397 e. The van der Waals surface area contributed by atoms with Gasteiger partial charge in [0, 0.05) is 5.39 Å². The molecule has 0 saturated heterocycles. The van der Waals surface area contributed by atoms with E-state index < -0.39 is 129 Å². The number of carbonyl (C=O) groups is 1. The molecule has 2 amide bonds.